The summed E-state index contributed by atoms with van der Waals surface area (Å²) in [4.78, 5) is 25.7. The van der Waals surface area contributed by atoms with Gasteiger partial charge in [0.15, 0.2) is 6.61 Å². The fourth-order valence-corrected chi connectivity index (χ4v) is 3.16. The lowest BCUT2D eigenvalue weighted by molar-refractivity contribution is -0.131. The van der Waals surface area contributed by atoms with E-state index in [0.717, 1.165) is 16.7 Å². The van der Waals surface area contributed by atoms with Gasteiger partial charge in [-0.1, -0.05) is 30.3 Å². The maximum absolute atomic E-state index is 12.5. The van der Waals surface area contributed by atoms with Crippen molar-refractivity contribution in [3.63, 3.8) is 0 Å². The lowest BCUT2D eigenvalue weighted by atomic mass is 10.0. The van der Waals surface area contributed by atoms with E-state index in [1.165, 1.54) is 0 Å². The first-order chi connectivity index (χ1) is 13.0. The van der Waals surface area contributed by atoms with E-state index in [1.54, 1.807) is 11.0 Å². The summed E-state index contributed by atoms with van der Waals surface area (Å²) in [6.07, 6.45) is 0. The van der Waals surface area contributed by atoms with Crippen LogP contribution in [0.5, 0.6) is 5.75 Å². The number of carbonyl (C=O) groups excluding carboxylic acids is 2. The zero-order valence-corrected chi connectivity index (χ0v) is 15.7. The van der Waals surface area contributed by atoms with Gasteiger partial charge in [0, 0.05) is 6.54 Å². The van der Waals surface area contributed by atoms with Gasteiger partial charge in [-0.3, -0.25) is 9.59 Å². The molecule has 1 aliphatic heterocycles. The molecule has 0 aliphatic carbocycles. The van der Waals surface area contributed by atoms with E-state index in [1.807, 2.05) is 43.3 Å². The molecular weight excluding hydrogens is 368 g/mol. The van der Waals surface area contributed by atoms with Gasteiger partial charge in [-0.2, -0.15) is 0 Å². The van der Waals surface area contributed by atoms with Crippen LogP contribution in [0.2, 0.25) is 0 Å². The molecule has 2 N–H and O–H groups in total. The number of nitrogens with one attached hydrogen (secondary N) is 1. The van der Waals surface area contributed by atoms with Gasteiger partial charge in [-0.15, -0.1) is 11.6 Å². The zero-order valence-electron chi connectivity index (χ0n) is 14.9. The second-order valence-electron chi connectivity index (χ2n) is 6.40. The van der Waals surface area contributed by atoms with Crippen LogP contribution in [-0.4, -0.2) is 34.3 Å². The lowest BCUT2D eigenvalue weighted by Gasteiger charge is -2.30. The van der Waals surface area contributed by atoms with Gasteiger partial charge in [0.1, 0.15) is 11.6 Å². The summed E-state index contributed by atoms with van der Waals surface area (Å²) in [5.41, 5.74) is 3.21. The van der Waals surface area contributed by atoms with E-state index in [0.29, 0.717) is 18.0 Å². The fraction of sp³-hybridized carbons (Fsp3) is 0.300. The van der Waals surface area contributed by atoms with Crippen LogP contribution in [0.15, 0.2) is 42.5 Å². The molecule has 2 aromatic carbocycles. The summed E-state index contributed by atoms with van der Waals surface area (Å²) in [7, 11) is 0. The summed E-state index contributed by atoms with van der Waals surface area (Å²) >= 11 is 5.83. The molecule has 3 rings (SSSR count). The smallest absolute Gasteiger partial charge is 0.262 e. The first-order valence-corrected chi connectivity index (χ1v) is 9.16. The van der Waals surface area contributed by atoms with Crippen molar-refractivity contribution in [1.82, 2.24) is 4.90 Å². The van der Waals surface area contributed by atoms with Gasteiger partial charge in [-0.05, 0) is 35.7 Å². The molecule has 0 saturated carbocycles. The molecule has 0 saturated heterocycles. The SMILES string of the molecule is CC(c1ccc2c(c1)NC(=O)CO2)N(Cc1ccc(CO)cc1)C(=O)CCl. The predicted molar refractivity (Wildman–Crippen MR) is 103 cm³/mol. The zero-order chi connectivity index (χ0) is 19.4. The standard InChI is InChI=1S/C20H21ClN2O4/c1-13(16-6-7-18-17(8-16)22-19(25)12-27-18)23(20(26)9-21)10-14-2-4-15(11-24)5-3-14/h2-8,13,24H,9-12H2,1H3,(H,22,25). The number of aliphatic hydroxyl groups is 1. The van der Waals surface area contributed by atoms with Crippen LogP contribution in [0.25, 0.3) is 0 Å². The molecule has 0 spiro atoms. The second kappa shape index (κ2) is 8.41. The Balaban J connectivity index is 1.84. The number of benzene rings is 2. The Kier molecular flexibility index (Phi) is 5.98. The molecule has 6 nitrogen and oxygen atoms in total. The Morgan fingerprint density at radius 2 is 1.96 bits per heavy atom. The average Bonchev–Trinajstić information content (AvgIpc) is 2.70. The van der Waals surface area contributed by atoms with Crippen LogP contribution >= 0.6 is 11.6 Å². The average molecular weight is 389 g/mol. The number of alkyl halides is 1. The quantitative estimate of drug-likeness (QED) is 0.746. The maximum atomic E-state index is 12.5. The largest absolute Gasteiger partial charge is 0.482 e. The van der Waals surface area contributed by atoms with Crippen LogP contribution in [0.3, 0.4) is 0 Å². The van der Waals surface area contributed by atoms with Crippen LogP contribution in [-0.2, 0) is 22.7 Å². The third-order valence-corrected chi connectivity index (χ3v) is 4.81. The van der Waals surface area contributed by atoms with Crippen molar-refractivity contribution in [2.45, 2.75) is 26.1 Å². The van der Waals surface area contributed by atoms with Crippen LogP contribution in [0.1, 0.15) is 29.7 Å². The molecule has 1 aliphatic rings. The molecular formula is C20H21ClN2O4. The van der Waals surface area contributed by atoms with E-state index >= 15 is 0 Å². The Morgan fingerprint density at radius 3 is 2.63 bits per heavy atom. The molecule has 1 unspecified atom stereocenters. The monoisotopic (exact) mass is 388 g/mol. The van der Waals surface area contributed by atoms with E-state index in [-0.39, 0.29) is 36.9 Å². The van der Waals surface area contributed by atoms with Gasteiger partial charge in [-0.25, -0.2) is 0 Å². The first kappa shape index (κ1) is 19.2. The summed E-state index contributed by atoms with van der Waals surface area (Å²) in [5.74, 6) is 0.0999. The number of ether oxygens (including phenoxy) is 1. The Bertz CT molecular complexity index is 838. The highest BCUT2D eigenvalue weighted by Gasteiger charge is 2.23. The highest BCUT2D eigenvalue weighted by Crippen LogP contribution is 2.32. The second-order valence-corrected chi connectivity index (χ2v) is 6.67. The first-order valence-electron chi connectivity index (χ1n) is 8.62. The summed E-state index contributed by atoms with van der Waals surface area (Å²) in [6, 6.07) is 12.7. The normalized spacial score (nSPS) is 14.0. The van der Waals surface area contributed by atoms with Gasteiger partial charge in [0.25, 0.3) is 5.91 Å². The van der Waals surface area contributed by atoms with Gasteiger partial charge in [0.05, 0.1) is 18.3 Å². The number of aliphatic hydroxyl groups excluding tert-OH is 1. The molecule has 2 aromatic rings. The van der Waals surface area contributed by atoms with Gasteiger partial charge < -0.3 is 20.1 Å². The number of rotatable bonds is 6. The lowest BCUT2D eigenvalue weighted by Crippen LogP contribution is -2.34. The predicted octanol–water partition coefficient (Wildman–Crippen LogP) is 2.84. The van der Waals surface area contributed by atoms with Crippen LogP contribution < -0.4 is 10.1 Å². The van der Waals surface area contributed by atoms with E-state index in [9.17, 15) is 9.59 Å². The molecule has 7 heteroatoms. The number of amides is 2. The third kappa shape index (κ3) is 4.40. The number of nitrogens with zero attached hydrogens (tertiary/aromatic N) is 1. The fourth-order valence-electron chi connectivity index (χ4n) is 3.01. The highest BCUT2D eigenvalue weighted by atomic mass is 35.5. The molecule has 0 fully saturated rings. The Hall–Kier alpha value is -2.57. The highest BCUT2D eigenvalue weighted by molar-refractivity contribution is 6.27. The van der Waals surface area contributed by atoms with E-state index < -0.39 is 0 Å². The number of hydrogen-bond acceptors (Lipinski definition) is 4. The van der Waals surface area contributed by atoms with Crippen molar-refractivity contribution in [3.8, 4) is 5.75 Å². The van der Waals surface area contributed by atoms with E-state index in [4.69, 9.17) is 21.4 Å². The minimum absolute atomic E-state index is 0.00257. The molecule has 1 atom stereocenters. The summed E-state index contributed by atoms with van der Waals surface area (Å²) in [5, 5.41) is 11.9. The van der Waals surface area contributed by atoms with Crippen LogP contribution in [0.4, 0.5) is 5.69 Å². The van der Waals surface area contributed by atoms with Crippen molar-refractivity contribution < 1.29 is 19.4 Å². The minimum Gasteiger partial charge on any atom is -0.482 e. The molecule has 0 bridgehead atoms. The van der Waals surface area contributed by atoms with Gasteiger partial charge >= 0.3 is 0 Å². The summed E-state index contributed by atoms with van der Waals surface area (Å²) < 4.78 is 5.38. The molecule has 142 valence electrons. The summed E-state index contributed by atoms with van der Waals surface area (Å²) in [6.45, 7) is 2.28. The Labute approximate surface area is 162 Å². The number of anilines is 1. The number of fused-ring (bicyclic) bond motifs is 1. The molecule has 0 radical (unpaired) electrons. The molecule has 0 aromatic heterocycles. The number of halogens is 1. The van der Waals surface area contributed by atoms with E-state index in [2.05, 4.69) is 5.32 Å². The maximum Gasteiger partial charge on any atom is 0.262 e. The molecule has 2 amide bonds. The third-order valence-electron chi connectivity index (χ3n) is 4.58. The number of hydrogen-bond donors (Lipinski definition) is 2. The Morgan fingerprint density at radius 1 is 1.26 bits per heavy atom. The van der Waals surface area contributed by atoms with Crippen molar-refractivity contribution in [1.29, 1.82) is 0 Å². The van der Waals surface area contributed by atoms with Crippen molar-refractivity contribution in [3.05, 3.63) is 59.2 Å². The topological polar surface area (TPSA) is 78.9 Å². The van der Waals surface area contributed by atoms with Crippen molar-refractivity contribution >= 4 is 29.1 Å². The van der Waals surface area contributed by atoms with Crippen molar-refractivity contribution in [2.24, 2.45) is 0 Å². The van der Waals surface area contributed by atoms with Crippen LogP contribution in [0, 0.1) is 0 Å². The van der Waals surface area contributed by atoms with Crippen molar-refractivity contribution in [2.75, 3.05) is 17.8 Å². The number of carbonyl (C=O) groups is 2. The minimum atomic E-state index is -0.252. The molecule has 27 heavy (non-hydrogen) atoms. The van der Waals surface area contributed by atoms with Gasteiger partial charge in [0.2, 0.25) is 5.91 Å². The molecule has 1 heterocycles.